The molecule has 1 N–H and O–H groups in total. The monoisotopic (exact) mass is 410 g/mol. The SMILES string of the molecule is Cc1ccc(-n2c(C)cc(C(=O)OCC(=O)Nc3ccc(Cl)cc3C)c2C)cc1. The summed E-state index contributed by atoms with van der Waals surface area (Å²) in [6.07, 6.45) is 0. The van der Waals surface area contributed by atoms with E-state index >= 15 is 0 Å². The lowest BCUT2D eigenvalue weighted by atomic mass is 10.2. The van der Waals surface area contributed by atoms with Crippen LogP contribution >= 0.6 is 11.6 Å². The van der Waals surface area contributed by atoms with Crippen molar-refractivity contribution in [2.75, 3.05) is 11.9 Å². The Bertz CT molecular complexity index is 1070. The topological polar surface area (TPSA) is 60.3 Å². The highest BCUT2D eigenvalue weighted by Crippen LogP contribution is 2.22. The minimum Gasteiger partial charge on any atom is -0.452 e. The zero-order valence-electron chi connectivity index (χ0n) is 16.9. The van der Waals surface area contributed by atoms with E-state index in [2.05, 4.69) is 5.32 Å². The van der Waals surface area contributed by atoms with E-state index in [1.165, 1.54) is 0 Å². The third-order valence-corrected chi connectivity index (χ3v) is 4.98. The minimum absolute atomic E-state index is 0.366. The van der Waals surface area contributed by atoms with E-state index in [1.807, 2.05) is 56.5 Å². The van der Waals surface area contributed by atoms with Gasteiger partial charge in [0.05, 0.1) is 5.56 Å². The second-order valence-corrected chi connectivity index (χ2v) is 7.48. The van der Waals surface area contributed by atoms with Crippen LogP contribution in [0, 0.1) is 27.7 Å². The van der Waals surface area contributed by atoms with Crippen LogP contribution in [0.1, 0.15) is 32.9 Å². The Kier molecular flexibility index (Phi) is 6.09. The Labute approximate surface area is 175 Å². The molecule has 1 aromatic heterocycles. The number of nitrogens with one attached hydrogen (secondary N) is 1. The number of aryl methyl sites for hydroxylation is 3. The molecule has 0 unspecified atom stereocenters. The maximum absolute atomic E-state index is 12.6. The van der Waals surface area contributed by atoms with Gasteiger partial charge in [-0.05, 0) is 69.7 Å². The highest BCUT2D eigenvalue weighted by molar-refractivity contribution is 6.30. The fourth-order valence-electron chi connectivity index (χ4n) is 3.22. The van der Waals surface area contributed by atoms with Crippen LogP contribution < -0.4 is 5.32 Å². The van der Waals surface area contributed by atoms with Crippen LogP contribution in [-0.2, 0) is 9.53 Å². The lowest BCUT2D eigenvalue weighted by Crippen LogP contribution is -2.21. The molecule has 0 spiro atoms. The second kappa shape index (κ2) is 8.53. The van der Waals surface area contributed by atoms with Crippen molar-refractivity contribution in [2.45, 2.75) is 27.7 Å². The zero-order valence-corrected chi connectivity index (χ0v) is 17.6. The first-order chi connectivity index (χ1) is 13.8. The van der Waals surface area contributed by atoms with E-state index < -0.39 is 11.9 Å². The van der Waals surface area contributed by atoms with E-state index in [1.54, 1.807) is 24.3 Å². The molecule has 0 saturated heterocycles. The predicted molar refractivity (Wildman–Crippen MR) is 115 cm³/mol. The van der Waals surface area contributed by atoms with E-state index in [9.17, 15) is 9.59 Å². The van der Waals surface area contributed by atoms with Gasteiger partial charge in [-0.15, -0.1) is 0 Å². The molecule has 3 aromatic rings. The van der Waals surface area contributed by atoms with Gasteiger partial charge in [0.15, 0.2) is 6.61 Å². The van der Waals surface area contributed by atoms with Gasteiger partial charge >= 0.3 is 5.97 Å². The Morgan fingerprint density at radius 1 is 1.00 bits per heavy atom. The summed E-state index contributed by atoms with van der Waals surface area (Å²) in [7, 11) is 0. The normalized spacial score (nSPS) is 10.7. The van der Waals surface area contributed by atoms with Gasteiger partial charge in [-0.3, -0.25) is 4.79 Å². The van der Waals surface area contributed by atoms with E-state index in [-0.39, 0.29) is 6.61 Å². The molecule has 0 aliphatic heterocycles. The van der Waals surface area contributed by atoms with Gasteiger partial charge in [0.2, 0.25) is 0 Å². The van der Waals surface area contributed by atoms with Crippen molar-refractivity contribution in [2.24, 2.45) is 0 Å². The van der Waals surface area contributed by atoms with Crippen molar-refractivity contribution in [3.63, 3.8) is 0 Å². The number of nitrogens with zero attached hydrogens (tertiary/aromatic N) is 1. The fraction of sp³-hybridized carbons (Fsp3) is 0.217. The summed E-state index contributed by atoms with van der Waals surface area (Å²) in [5.74, 6) is -0.935. The van der Waals surface area contributed by atoms with Gasteiger partial charge in [0.1, 0.15) is 0 Å². The van der Waals surface area contributed by atoms with Crippen LogP contribution in [0.5, 0.6) is 0 Å². The van der Waals surface area contributed by atoms with Crippen molar-refractivity contribution in [1.82, 2.24) is 4.57 Å². The van der Waals surface area contributed by atoms with Crippen molar-refractivity contribution >= 4 is 29.2 Å². The Morgan fingerprint density at radius 3 is 2.34 bits per heavy atom. The number of benzene rings is 2. The summed E-state index contributed by atoms with van der Waals surface area (Å²) in [4.78, 5) is 24.7. The molecule has 1 amide bonds. The molecule has 3 rings (SSSR count). The number of hydrogen-bond acceptors (Lipinski definition) is 3. The molecule has 0 bridgehead atoms. The van der Waals surface area contributed by atoms with Crippen LogP contribution in [0.4, 0.5) is 5.69 Å². The minimum atomic E-state index is -0.528. The first kappa shape index (κ1) is 20.7. The van der Waals surface area contributed by atoms with Crippen LogP contribution in [-0.4, -0.2) is 23.1 Å². The highest BCUT2D eigenvalue weighted by Gasteiger charge is 2.19. The number of carbonyl (C=O) groups is 2. The smallest absolute Gasteiger partial charge is 0.340 e. The maximum Gasteiger partial charge on any atom is 0.340 e. The summed E-state index contributed by atoms with van der Waals surface area (Å²) in [6, 6.07) is 15.0. The molecular formula is C23H23ClN2O3. The second-order valence-electron chi connectivity index (χ2n) is 7.04. The largest absolute Gasteiger partial charge is 0.452 e. The van der Waals surface area contributed by atoms with Crippen molar-refractivity contribution in [3.05, 3.63) is 81.6 Å². The molecule has 0 aliphatic carbocycles. The predicted octanol–water partition coefficient (Wildman–Crippen LogP) is 5.16. The Balaban J connectivity index is 1.69. The molecule has 0 atom stereocenters. The molecule has 5 nitrogen and oxygen atoms in total. The number of halogens is 1. The molecule has 0 radical (unpaired) electrons. The van der Waals surface area contributed by atoms with Gasteiger partial charge < -0.3 is 14.6 Å². The lowest BCUT2D eigenvalue weighted by Gasteiger charge is -2.11. The standard InChI is InChI=1S/C23H23ClN2O3/c1-14-5-8-19(9-6-14)26-16(3)12-20(17(26)4)23(28)29-13-22(27)25-21-10-7-18(24)11-15(21)2/h5-12H,13H2,1-4H3,(H,25,27). The molecule has 1 heterocycles. The summed E-state index contributed by atoms with van der Waals surface area (Å²) < 4.78 is 7.23. The van der Waals surface area contributed by atoms with E-state index in [4.69, 9.17) is 16.3 Å². The maximum atomic E-state index is 12.6. The summed E-state index contributed by atoms with van der Waals surface area (Å²) in [5, 5.41) is 3.32. The van der Waals surface area contributed by atoms with Gasteiger partial charge in [-0.1, -0.05) is 29.3 Å². The number of amides is 1. The molecular weight excluding hydrogens is 388 g/mol. The summed E-state index contributed by atoms with van der Waals surface area (Å²) in [5.41, 5.74) is 5.73. The third kappa shape index (κ3) is 4.69. The molecule has 0 fully saturated rings. The van der Waals surface area contributed by atoms with Gasteiger partial charge in [0, 0.05) is 27.8 Å². The number of anilines is 1. The molecule has 150 valence electrons. The third-order valence-electron chi connectivity index (χ3n) is 4.74. The Hall–Kier alpha value is -3.05. The molecule has 6 heteroatoms. The zero-order chi connectivity index (χ0) is 21.1. The number of rotatable bonds is 5. The lowest BCUT2D eigenvalue weighted by molar-refractivity contribution is -0.119. The van der Waals surface area contributed by atoms with Crippen molar-refractivity contribution in [3.8, 4) is 5.69 Å². The summed E-state index contributed by atoms with van der Waals surface area (Å²) in [6.45, 7) is 7.29. The fourth-order valence-corrected chi connectivity index (χ4v) is 3.45. The molecule has 0 aliphatic rings. The van der Waals surface area contributed by atoms with E-state index in [0.29, 0.717) is 16.3 Å². The number of aromatic nitrogens is 1. The van der Waals surface area contributed by atoms with Crippen molar-refractivity contribution in [1.29, 1.82) is 0 Å². The highest BCUT2D eigenvalue weighted by atomic mass is 35.5. The average Bonchev–Trinajstić information content (AvgIpc) is 2.97. The molecule has 0 saturated carbocycles. The number of esters is 1. The number of carbonyl (C=O) groups excluding carboxylic acids is 2. The number of ether oxygens (including phenoxy) is 1. The van der Waals surface area contributed by atoms with E-state index in [0.717, 1.165) is 28.2 Å². The molecule has 2 aromatic carbocycles. The van der Waals surface area contributed by atoms with Crippen molar-refractivity contribution < 1.29 is 14.3 Å². The number of hydrogen-bond donors (Lipinski definition) is 1. The summed E-state index contributed by atoms with van der Waals surface area (Å²) >= 11 is 5.92. The quantitative estimate of drug-likeness (QED) is 0.591. The Morgan fingerprint density at radius 2 is 1.69 bits per heavy atom. The van der Waals surface area contributed by atoms with Gasteiger partial charge in [-0.25, -0.2) is 4.79 Å². The first-order valence-electron chi connectivity index (χ1n) is 9.25. The first-order valence-corrected chi connectivity index (χ1v) is 9.63. The molecule has 29 heavy (non-hydrogen) atoms. The van der Waals surface area contributed by atoms with Crippen LogP contribution in [0.25, 0.3) is 5.69 Å². The van der Waals surface area contributed by atoms with Gasteiger partial charge in [-0.2, -0.15) is 0 Å². The average molecular weight is 411 g/mol. The van der Waals surface area contributed by atoms with Crippen LogP contribution in [0.15, 0.2) is 48.5 Å². The van der Waals surface area contributed by atoms with Crippen LogP contribution in [0.3, 0.4) is 0 Å². The van der Waals surface area contributed by atoms with Crippen LogP contribution in [0.2, 0.25) is 5.02 Å². The van der Waals surface area contributed by atoms with Gasteiger partial charge in [0.25, 0.3) is 5.91 Å².